The highest BCUT2D eigenvalue weighted by atomic mass is 15.1. The SMILES string of the molecule is C1=Cc2c(c3cc(-c4ccccc4N(c4ccc(-c5ccc6ccccc6c5)cc4)c4ccccc4-c4cccc5cccc(C6CCCCC6)c45)ccc3n2-c2ccccc2)CC1. The summed E-state index contributed by atoms with van der Waals surface area (Å²) in [7, 11) is 0. The second kappa shape index (κ2) is 16.4. The number of rotatable bonds is 8. The second-order valence-corrected chi connectivity index (χ2v) is 17.8. The van der Waals surface area contributed by atoms with Crippen LogP contribution < -0.4 is 4.90 Å². The van der Waals surface area contributed by atoms with E-state index in [0.717, 1.165) is 29.9 Å². The Labute approximate surface area is 376 Å². The summed E-state index contributed by atoms with van der Waals surface area (Å²) in [5, 5.41) is 6.55. The van der Waals surface area contributed by atoms with Crippen LogP contribution in [0.15, 0.2) is 206 Å². The molecule has 0 atom stereocenters. The van der Waals surface area contributed by atoms with Crippen molar-refractivity contribution in [3.63, 3.8) is 0 Å². The van der Waals surface area contributed by atoms with Gasteiger partial charge in [0, 0.05) is 33.6 Å². The first-order chi connectivity index (χ1) is 31.8. The van der Waals surface area contributed by atoms with Crippen LogP contribution in [-0.2, 0) is 6.42 Å². The first-order valence-corrected chi connectivity index (χ1v) is 23.3. The summed E-state index contributed by atoms with van der Waals surface area (Å²) in [4.78, 5) is 2.52. The molecule has 0 saturated heterocycles. The Bertz CT molecular complexity index is 3360. The van der Waals surface area contributed by atoms with Gasteiger partial charge in [-0.1, -0.05) is 171 Å². The maximum atomic E-state index is 2.52. The van der Waals surface area contributed by atoms with Crippen LogP contribution in [0.3, 0.4) is 0 Å². The van der Waals surface area contributed by atoms with Crippen LogP contribution in [0.5, 0.6) is 0 Å². The van der Waals surface area contributed by atoms with E-state index in [1.54, 1.807) is 0 Å². The predicted molar refractivity (Wildman–Crippen MR) is 272 cm³/mol. The van der Waals surface area contributed by atoms with Crippen molar-refractivity contribution in [3.8, 4) is 39.1 Å². The topological polar surface area (TPSA) is 8.17 Å². The summed E-state index contributed by atoms with van der Waals surface area (Å²) in [6.07, 6.45) is 13.2. The Balaban J connectivity index is 1.06. The molecule has 0 radical (unpaired) electrons. The number of aryl methyl sites for hydroxylation is 1. The minimum absolute atomic E-state index is 0.582. The molecule has 2 aliphatic rings. The summed E-state index contributed by atoms with van der Waals surface area (Å²) in [6.45, 7) is 0. The Hall–Kier alpha value is -7.42. The van der Waals surface area contributed by atoms with Crippen molar-refractivity contribution in [3.05, 3.63) is 223 Å². The summed E-state index contributed by atoms with van der Waals surface area (Å²) >= 11 is 0. The van der Waals surface area contributed by atoms with Crippen molar-refractivity contribution in [1.29, 1.82) is 0 Å². The van der Waals surface area contributed by atoms with Gasteiger partial charge in [0.25, 0.3) is 0 Å². The number of hydrogen-bond acceptors (Lipinski definition) is 1. The van der Waals surface area contributed by atoms with Crippen LogP contribution in [0.25, 0.3) is 77.6 Å². The summed E-state index contributed by atoms with van der Waals surface area (Å²) < 4.78 is 2.45. The number of hydrogen-bond donors (Lipinski definition) is 0. The lowest BCUT2D eigenvalue weighted by Crippen LogP contribution is -2.12. The maximum Gasteiger partial charge on any atom is 0.0540 e. The molecule has 1 fully saturated rings. The van der Waals surface area contributed by atoms with Crippen LogP contribution >= 0.6 is 0 Å². The van der Waals surface area contributed by atoms with Crippen molar-refractivity contribution in [2.24, 2.45) is 0 Å². The molecule has 12 rings (SSSR count). The number of anilines is 3. The van der Waals surface area contributed by atoms with Gasteiger partial charge in [-0.15, -0.1) is 0 Å². The molecule has 1 saturated carbocycles. The van der Waals surface area contributed by atoms with E-state index in [4.69, 9.17) is 0 Å². The molecule has 308 valence electrons. The van der Waals surface area contributed by atoms with E-state index in [0.29, 0.717) is 5.92 Å². The normalized spacial score (nSPS) is 14.0. The lowest BCUT2D eigenvalue weighted by atomic mass is 9.80. The number of benzene rings is 9. The van der Waals surface area contributed by atoms with Gasteiger partial charge in [0.1, 0.15) is 0 Å². The Morgan fingerprint density at radius 1 is 0.469 bits per heavy atom. The fourth-order valence-electron chi connectivity index (χ4n) is 11.0. The van der Waals surface area contributed by atoms with E-state index in [-0.39, 0.29) is 0 Å². The third kappa shape index (κ3) is 6.73. The third-order valence-corrected chi connectivity index (χ3v) is 14.0. The monoisotopic (exact) mass is 822 g/mol. The van der Waals surface area contributed by atoms with Gasteiger partial charge >= 0.3 is 0 Å². The first-order valence-electron chi connectivity index (χ1n) is 23.3. The summed E-state index contributed by atoms with van der Waals surface area (Å²) in [5.41, 5.74) is 17.5. The van der Waals surface area contributed by atoms with Gasteiger partial charge in [0.15, 0.2) is 0 Å². The van der Waals surface area contributed by atoms with Gasteiger partial charge < -0.3 is 9.47 Å². The van der Waals surface area contributed by atoms with Crippen LogP contribution in [-0.4, -0.2) is 4.57 Å². The molecule has 1 aromatic heterocycles. The second-order valence-electron chi connectivity index (χ2n) is 17.8. The number of nitrogens with zero attached hydrogens (tertiary/aromatic N) is 2. The standard InChI is InChI=1S/C62H50N2/c1-3-18-45(19-4-1)53-28-15-21-46-22-16-29-56(62(46)53)54-26-10-13-31-59(54)64(51-38-35-44(36-39-51)48-34-33-43-17-7-8-20-47(43)41-48)58-30-12-9-25-52(58)49-37-40-61-57(42-49)55-27-11-14-32-60(55)63(61)50-23-5-2-6-24-50/h2,5-10,12-17,20-26,28-42,45H,1,3-4,11,18-19,27H2. The molecule has 0 aliphatic heterocycles. The number of allylic oxidation sites excluding steroid dienone is 1. The highest BCUT2D eigenvalue weighted by Gasteiger charge is 2.25. The molecule has 0 spiro atoms. The molecule has 9 aromatic carbocycles. The van der Waals surface area contributed by atoms with Crippen molar-refractivity contribution in [2.75, 3.05) is 4.90 Å². The average molecular weight is 823 g/mol. The van der Waals surface area contributed by atoms with Gasteiger partial charge in [0.05, 0.1) is 16.9 Å². The van der Waals surface area contributed by atoms with Crippen LogP contribution in [0.4, 0.5) is 17.1 Å². The van der Waals surface area contributed by atoms with Crippen molar-refractivity contribution in [1.82, 2.24) is 4.57 Å². The lowest BCUT2D eigenvalue weighted by molar-refractivity contribution is 0.445. The van der Waals surface area contributed by atoms with Gasteiger partial charge in [-0.3, -0.25) is 0 Å². The Kier molecular flexibility index (Phi) is 9.79. The highest BCUT2D eigenvalue weighted by molar-refractivity contribution is 6.05. The van der Waals surface area contributed by atoms with Crippen molar-refractivity contribution >= 4 is 55.6 Å². The van der Waals surface area contributed by atoms with E-state index < -0.39 is 0 Å². The fourth-order valence-corrected chi connectivity index (χ4v) is 11.0. The molecule has 2 nitrogen and oxygen atoms in total. The quantitative estimate of drug-likeness (QED) is 0.148. The molecule has 0 amide bonds. The van der Waals surface area contributed by atoms with Crippen LogP contribution in [0, 0.1) is 0 Å². The van der Waals surface area contributed by atoms with E-state index in [2.05, 4.69) is 222 Å². The van der Waals surface area contributed by atoms with E-state index in [1.807, 2.05) is 0 Å². The smallest absolute Gasteiger partial charge is 0.0540 e. The zero-order chi connectivity index (χ0) is 42.4. The molecule has 2 aliphatic carbocycles. The number of fused-ring (bicyclic) bond motifs is 5. The minimum Gasteiger partial charge on any atom is -0.310 e. The summed E-state index contributed by atoms with van der Waals surface area (Å²) in [5.74, 6) is 0.582. The zero-order valence-corrected chi connectivity index (χ0v) is 36.1. The molecule has 0 unspecified atom stereocenters. The van der Waals surface area contributed by atoms with Crippen molar-refractivity contribution < 1.29 is 0 Å². The molecule has 10 aromatic rings. The van der Waals surface area contributed by atoms with Gasteiger partial charge in [-0.25, -0.2) is 0 Å². The molecular formula is C62H50N2. The molecule has 2 heteroatoms. The van der Waals surface area contributed by atoms with Gasteiger partial charge in [0.2, 0.25) is 0 Å². The van der Waals surface area contributed by atoms with E-state index in [9.17, 15) is 0 Å². The van der Waals surface area contributed by atoms with Gasteiger partial charge in [-0.05, 0) is 147 Å². The highest BCUT2D eigenvalue weighted by Crippen LogP contribution is 2.48. The first kappa shape index (κ1) is 38.3. The predicted octanol–water partition coefficient (Wildman–Crippen LogP) is 17.4. The fraction of sp³-hybridized carbons (Fsp3) is 0.129. The lowest BCUT2D eigenvalue weighted by Gasteiger charge is -2.31. The van der Waals surface area contributed by atoms with E-state index >= 15 is 0 Å². The minimum atomic E-state index is 0.582. The molecule has 0 N–H and O–H groups in total. The third-order valence-electron chi connectivity index (χ3n) is 14.0. The molecule has 64 heavy (non-hydrogen) atoms. The van der Waals surface area contributed by atoms with E-state index in [1.165, 1.54) is 120 Å². The van der Waals surface area contributed by atoms with Crippen molar-refractivity contribution in [2.45, 2.75) is 50.9 Å². The molecule has 1 heterocycles. The Morgan fingerprint density at radius 3 is 1.95 bits per heavy atom. The molecular weight excluding hydrogens is 773 g/mol. The molecule has 0 bridgehead atoms. The van der Waals surface area contributed by atoms with Gasteiger partial charge in [-0.2, -0.15) is 0 Å². The average Bonchev–Trinajstić information content (AvgIpc) is 3.71. The summed E-state index contributed by atoms with van der Waals surface area (Å²) in [6, 6.07) is 74.7. The number of aromatic nitrogens is 1. The zero-order valence-electron chi connectivity index (χ0n) is 36.1. The Morgan fingerprint density at radius 2 is 1.12 bits per heavy atom. The van der Waals surface area contributed by atoms with Crippen LogP contribution in [0.1, 0.15) is 61.3 Å². The largest absolute Gasteiger partial charge is 0.310 e. The van der Waals surface area contributed by atoms with Crippen LogP contribution in [0.2, 0.25) is 0 Å². The number of para-hydroxylation sites is 3. The maximum absolute atomic E-state index is 2.52.